The topological polar surface area (TPSA) is 46.5 Å². The quantitative estimate of drug-likeness (QED) is 0.915. The highest BCUT2D eigenvalue weighted by Gasteiger charge is 2.11. The van der Waals surface area contributed by atoms with Crippen LogP contribution in [0.25, 0.3) is 0 Å². The molecule has 17 heavy (non-hydrogen) atoms. The molecule has 0 radical (unpaired) electrons. The summed E-state index contributed by atoms with van der Waals surface area (Å²) in [7, 11) is 0. The van der Waals surface area contributed by atoms with E-state index in [0.29, 0.717) is 16.8 Å². The summed E-state index contributed by atoms with van der Waals surface area (Å²) >= 11 is 3.22. The zero-order valence-electron chi connectivity index (χ0n) is 10.3. The molecule has 0 spiro atoms. The van der Waals surface area contributed by atoms with Crippen LogP contribution >= 0.6 is 15.9 Å². The van der Waals surface area contributed by atoms with Gasteiger partial charge in [-0.2, -0.15) is 0 Å². The Morgan fingerprint density at radius 3 is 2.53 bits per heavy atom. The van der Waals surface area contributed by atoms with Crippen LogP contribution in [0.5, 0.6) is 5.75 Å². The third-order valence-corrected chi connectivity index (χ3v) is 2.95. The first-order valence-electron chi connectivity index (χ1n) is 5.45. The number of carbonyl (C=O) groups is 1. The van der Waals surface area contributed by atoms with Crippen LogP contribution in [0.4, 0.5) is 0 Å². The van der Waals surface area contributed by atoms with E-state index in [1.807, 2.05) is 0 Å². The van der Waals surface area contributed by atoms with Crippen LogP contribution in [0, 0.1) is 5.41 Å². The van der Waals surface area contributed by atoms with Gasteiger partial charge in [-0.1, -0.05) is 20.8 Å². The van der Waals surface area contributed by atoms with Crippen LogP contribution in [-0.4, -0.2) is 17.7 Å². The maximum atomic E-state index is 10.8. The van der Waals surface area contributed by atoms with Crippen molar-refractivity contribution in [3.05, 3.63) is 28.2 Å². The first-order valence-corrected chi connectivity index (χ1v) is 6.24. The predicted octanol–water partition coefficient (Wildman–Crippen LogP) is 3.96. The highest BCUT2D eigenvalue weighted by Crippen LogP contribution is 2.24. The number of aromatic carboxylic acids is 1. The van der Waals surface area contributed by atoms with E-state index in [1.165, 1.54) is 0 Å². The minimum Gasteiger partial charge on any atom is -0.494 e. The van der Waals surface area contributed by atoms with Gasteiger partial charge in [0.25, 0.3) is 0 Å². The molecule has 1 N–H and O–H groups in total. The minimum absolute atomic E-state index is 0.234. The lowest BCUT2D eigenvalue weighted by atomic mass is 9.93. The molecule has 1 rings (SSSR count). The van der Waals surface area contributed by atoms with Crippen molar-refractivity contribution >= 4 is 21.9 Å². The van der Waals surface area contributed by atoms with E-state index in [9.17, 15) is 4.79 Å². The zero-order chi connectivity index (χ0) is 13.1. The van der Waals surface area contributed by atoms with E-state index >= 15 is 0 Å². The average Bonchev–Trinajstić information content (AvgIpc) is 2.15. The molecule has 4 heteroatoms. The molecule has 0 amide bonds. The summed E-state index contributed by atoms with van der Waals surface area (Å²) in [5, 5.41) is 8.87. The van der Waals surface area contributed by atoms with Crippen molar-refractivity contribution in [2.24, 2.45) is 5.41 Å². The molecular weight excluding hydrogens is 284 g/mol. The molecule has 1 aromatic rings. The summed E-state index contributed by atoms with van der Waals surface area (Å²) in [6.45, 7) is 7.09. The van der Waals surface area contributed by atoms with Crippen LogP contribution in [0.3, 0.4) is 0 Å². The summed E-state index contributed by atoms with van der Waals surface area (Å²) in [5.41, 5.74) is 0.478. The molecule has 0 aromatic heterocycles. The van der Waals surface area contributed by atoms with E-state index in [1.54, 1.807) is 18.2 Å². The van der Waals surface area contributed by atoms with Crippen molar-refractivity contribution in [3.63, 3.8) is 0 Å². The number of ether oxygens (including phenoxy) is 1. The van der Waals surface area contributed by atoms with Crippen molar-refractivity contribution in [1.82, 2.24) is 0 Å². The fourth-order valence-electron chi connectivity index (χ4n) is 1.23. The smallest absolute Gasteiger partial charge is 0.336 e. The molecular formula is C13H17BrO3. The lowest BCUT2D eigenvalue weighted by Crippen LogP contribution is -2.11. The molecule has 0 aliphatic heterocycles. The van der Waals surface area contributed by atoms with Gasteiger partial charge in [0.1, 0.15) is 5.75 Å². The Morgan fingerprint density at radius 2 is 2.06 bits per heavy atom. The lowest BCUT2D eigenvalue weighted by molar-refractivity contribution is 0.0696. The first-order chi connectivity index (χ1) is 7.79. The summed E-state index contributed by atoms with van der Waals surface area (Å²) in [5.74, 6) is -0.260. The number of carboxylic acids is 1. The van der Waals surface area contributed by atoms with Crippen LogP contribution in [0.15, 0.2) is 22.7 Å². The third-order valence-electron chi connectivity index (χ3n) is 2.29. The monoisotopic (exact) mass is 300 g/mol. The number of benzene rings is 1. The molecule has 0 heterocycles. The Morgan fingerprint density at radius 1 is 1.41 bits per heavy atom. The fraction of sp³-hybridized carbons (Fsp3) is 0.462. The second kappa shape index (κ2) is 5.54. The van der Waals surface area contributed by atoms with Gasteiger partial charge in [-0.15, -0.1) is 0 Å². The molecule has 0 unspecified atom stereocenters. The maximum absolute atomic E-state index is 10.8. The second-order valence-corrected chi connectivity index (χ2v) is 5.96. The summed E-state index contributed by atoms with van der Waals surface area (Å²) < 4.78 is 6.11. The van der Waals surface area contributed by atoms with Gasteiger partial charge in [0.15, 0.2) is 0 Å². The fourth-order valence-corrected chi connectivity index (χ4v) is 1.76. The normalized spacial score (nSPS) is 11.3. The van der Waals surface area contributed by atoms with Gasteiger partial charge in [0.2, 0.25) is 0 Å². The zero-order valence-corrected chi connectivity index (χ0v) is 11.9. The number of carboxylic acid groups (broad SMARTS) is 1. The first kappa shape index (κ1) is 14.0. The van der Waals surface area contributed by atoms with Crippen LogP contribution in [-0.2, 0) is 0 Å². The van der Waals surface area contributed by atoms with Gasteiger partial charge in [0.05, 0.1) is 12.2 Å². The van der Waals surface area contributed by atoms with Crippen molar-refractivity contribution in [2.75, 3.05) is 6.61 Å². The van der Waals surface area contributed by atoms with Crippen molar-refractivity contribution in [3.8, 4) is 5.75 Å². The molecule has 0 saturated heterocycles. The molecule has 0 aliphatic carbocycles. The van der Waals surface area contributed by atoms with E-state index in [0.717, 1.165) is 6.42 Å². The SMILES string of the molecule is CC(C)(C)CCOc1ccc(C(=O)O)c(Br)c1. The highest BCUT2D eigenvalue weighted by atomic mass is 79.9. The van der Waals surface area contributed by atoms with Gasteiger partial charge in [-0.25, -0.2) is 4.79 Å². The highest BCUT2D eigenvalue weighted by molar-refractivity contribution is 9.10. The summed E-state index contributed by atoms with van der Waals surface area (Å²) in [4.78, 5) is 10.8. The van der Waals surface area contributed by atoms with E-state index in [2.05, 4.69) is 36.7 Å². The summed E-state index contributed by atoms with van der Waals surface area (Å²) in [6.07, 6.45) is 0.950. The third kappa shape index (κ3) is 4.77. The van der Waals surface area contributed by atoms with E-state index < -0.39 is 5.97 Å². The van der Waals surface area contributed by atoms with Crippen LogP contribution < -0.4 is 4.74 Å². The van der Waals surface area contributed by atoms with Crippen molar-refractivity contribution < 1.29 is 14.6 Å². The predicted molar refractivity (Wildman–Crippen MR) is 70.7 cm³/mol. The molecule has 0 aliphatic rings. The minimum atomic E-state index is -0.946. The second-order valence-electron chi connectivity index (χ2n) is 5.11. The molecule has 94 valence electrons. The standard InChI is InChI=1S/C13H17BrO3/c1-13(2,3)6-7-17-9-4-5-10(12(15)16)11(14)8-9/h4-5,8H,6-7H2,1-3H3,(H,15,16). The Bertz CT molecular complexity index is 408. The van der Waals surface area contributed by atoms with Gasteiger partial charge < -0.3 is 9.84 Å². The number of hydrogen-bond acceptors (Lipinski definition) is 2. The molecule has 0 atom stereocenters. The van der Waals surface area contributed by atoms with Gasteiger partial charge >= 0.3 is 5.97 Å². The Balaban J connectivity index is 2.62. The molecule has 0 bridgehead atoms. The van der Waals surface area contributed by atoms with Crippen molar-refractivity contribution in [2.45, 2.75) is 27.2 Å². The van der Waals surface area contributed by atoms with E-state index in [-0.39, 0.29) is 11.0 Å². The van der Waals surface area contributed by atoms with Crippen LogP contribution in [0.1, 0.15) is 37.6 Å². The number of rotatable bonds is 4. The molecule has 0 fully saturated rings. The average molecular weight is 301 g/mol. The Hall–Kier alpha value is -1.03. The Labute approximate surface area is 110 Å². The van der Waals surface area contributed by atoms with Gasteiger partial charge in [-0.3, -0.25) is 0 Å². The van der Waals surface area contributed by atoms with Gasteiger partial charge in [0, 0.05) is 4.47 Å². The van der Waals surface area contributed by atoms with Crippen molar-refractivity contribution in [1.29, 1.82) is 0 Å². The lowest BCUT2D eigenvalue weighted by Gasteiger charge is -2.18. The van der Waals surface area contributed by atoms with E-state index in [4.69, 9.17) is 9.84 Å². The molecule has 3 nitrogen and oxygen atoms in total. The molecule has 0 saturated carbocycles. The maximum Gasteiger partial charge on any atom is 0.336 e. The Kier molecular flexibility index (Phi) is 4.57. The largest absolute Gasteiger partial charge is 0.494 e. The summed E-state index contributed by atoms with van der Waals surface area (Å²) in [6, 6.07) is 4.90. The number of halogens is 1. The van der Waals surface area contributed by atoms with Crippen LogP contribution in [0.2, 0.25) is 0 Å². The van der Waals surface area contributed by atoms with Gasteiger partial charge in [-0.05, 0) is 46.0 Å². The molecule has 1 aromatic carbocycles. The number of hydrogen-bond donors (Lipinski definition) is 1.